The summed E-state index contributed by atoms with van der Waals surface area (Å²) in [7, 11) is 0. The van der Waals surface area contributed by atoms with Gasteiger partial charge in [0.1, 0.15) is 0 Å². The monoisotopic (exact) mass is 276 g/mol. The van der Waals surface area contributed by atoms with Gasteiger partial charge in [-0.05, 0) is 0 Å². The first-order valence-electron chi connectivity index (χ1n) is 5.92. The maximum atomic E-state index is 5.84. The molecule has 0 aliphatic heterocycles. The van der Waals surface area contributed by atoms with Crippen molar-refractivity contribution >= 4 is 0 Å². The zero-order valence-corrected chi connectivity index (χ0v) is 12.2. The van der Waals surface area contributed by atoms with E-state index in [9.17, 15) is 0 Å². The normalized spacial score (nSPS) is 11.5. The Morgan fingerprint density at radius 2 is 1.29 bits per heavy atom. The average Bonchev–Trinajstić information content (AvgIpc) is 2.31. The fourth-order valence-corrected chi connectivity index (χ4v) is 4.36. The van der Waals surface area contributed by atoms with Crippen molar-refractivity contribution in [1.82, 2.24) is 0 Å². The molecule has 0 aliphatic rings. The van der Waals surface area contributed by atoms with Crippen LogP contribution in [0.4, 0.5) is 0 Å². The molecule has 5 heteroatoms. The van der Waals surface area contributed by atoms with Crippen LogP contribution in [0.2, 0.25) is 0 Å². The molecule has 0 amide bonds. The van der Waals surface area contributed by atoms with Crippen LogP contribution < -0.4 is 3.32 Å². The third-order valence-corrected chi connectivity index (χ3v) is 5.72. The molecule has 0 saturated heterocycles. The topological polar surface area (TPSA) is 36.9 Å². The molecule has 0 saturated carbocycles. The van der Waals surface area contributed by atoms with Gasteiger partial charge in [0, 0.05) is 0 Å². The summed E-state index contributed by atoms with van der Waals surface area (Å²) in [6.07, 6.45) is 0. The quantitative estimate of drug-likeness (QED) is 0.684. The molecule has 0 aromatic heterocycles. The fourth-order valence-electron chi connectivity index (χ4n) is 1.38. The van der Waals surface area contributed by atoms with Crippen LogP contribution in [0, 0.1) is 0 Å². The molecule has 0 unspecified atom stereocenters. The van der Waals surface area contributed by atoms with Gasteiger partial charge in [0.2, 0.25) is 0 Å². The van der Waals surface area contributed by atoms with Crippen LogP contribution in [-0.2, 0) is 28.1 Å². The van der Waals surface area contributed by atoms with E-state index in [2.05, 4.69) is 0 Å². The van der Waals surface area contributed by atoms with Gasteiger partial charge in [-0.25, -0.2) is 0 Å². The summed E-state index contributed by atoms with van der Waals surface area (Å²) in [5.74, 6) is 0.725. The molecule has 0 bridgehead atoms. The number of benzene rings is 1. The maximum absolute atomic E-state index is 5.84. The second-order valence-corrected chi connectivity index (χ2v) is 6.45. The zero-order chi connectivity index (χ0) is 12.6. The molecular weight excluding hydrogens is 256 g/mol. The predicted molar refractivity (Wildman–Crippen MR) is 61.9 cm³/mol. The molecule has 17 heavy (non-hydrogen) atoms. The van der Waals surface area contributed by atoms with Gasteiger partial charge < -0.3 is 0 Å². The molecule has 0 heterocycles. The van der Waals surface area contributed by atoms with Crippen molar-refractivity contribution < 1.29 is 31.4 Å². The van der Waals surface area contributed by atoms with Gasteiger partial charge in [-0.1, -0.05) is 0 Å². The van der Waals surface area contributed by atoms with E-state index in [1.165, 1.54) is 0 Å². The Balaban J connectivity index is 2.80. The molecule has 1 rings (SSSR count). The van der Waals surface area contributed by atoms with Crippen LogP contribution in [0.15, 0.2) is 30.3 Å². The van der Waals surface area contributed by atoms with Crippen molar-refractivity contribution in [3.8, 4) is 5.75 Å². The summed E-state index contributed by atoms with van der Waals surface area (Å²) >= 11 is -3.59. The Hall–Kier alpha value is -0.386. The summed E-state index contributed by atoms with van der Waals surface area (Å²) < 4.78 is 22.7. The molecule has 1 aromatic carbocycles. The molecule has 0 radical (unpaired) electrons. The van der Waals surface area contributed by atoms with Crippen LogP contribution in [0.5, 0.6) is 5.75 Å². The number of para-hydroxylation sites is 1. The van der Waals surface area contributed by atoms with Crippen LogP contribution in [0.1, 0.15) is 20.8 Å². The van der Waals surface area contributed by atoms with Crippen molar-refractivity contribution in [1.29, 1.82) is 0 Å². The molecule has 4 nitrogen and oxygen atoms in total. The van der Waals surface area contributed by atoms with E-state index >= 15 is 0 Å². The standard InChI is InChI=1S/C6H6O.3C2H5O.Ti/c7-6-4-2-1-3-5-6;3*1-2-3;/h1-5,7H;3*2H2,1H3;/q;3*-1;+4/p-1. The minimum atomic E-state index is -3.59. The van der Waals surface area contributed by atoms with E-state index in [1.54, 1.807) is 0 Å². The number of hydrogen-bond acceptors (Lipinski definition) is 4. The Morgan fingerprint density at radius 3 is 1.71 bits per heavy atom. The molecule has 96 valence electrons. The van der Waals surface area contributed by atoms with Crippen LogP contribution in [0.3, 0.4) is 0 Å². The van der Waals surface area contributed by atoms with Gasteiger partial charge >= 0.3 is 108 Å². The van der Waals surface area contributed by atoms with E-state index in [4.69, 9.17) is 13.3 Å². The first kappa shape index (κ1) is 14.7. The molecule has 0 N–H and O–H groups in total. The molecule has 1 aromatic rings. The molecule has 0 fully saturated rings. The van der Waals surface area contributed by atoms with Crippen LogP contribution in [0.25, 0.3) is 0 Å². The van der Waals surface area contributed by atoms with Crippen LogP contribution >= 0.6 is 0 Å². The van der Waals surface area contributed by atoms with Gasteiger partial charge in [0.25, 0.3) is 0 Å². The Morgan fingerprint density at radius 1 is 0.824 bits per heavy atom. The molecule has 0 atom stereocenters. The van der Waals surface area contributed by atoms with Crippen molar-refractivity contribution in [3.63, 3.8) is 0 Å². The Labute approximate surface area is 108 Å². The molecule has 0 spiro atoms. The number of rotatable bonds is 8. The average molecular weight is 276 g/mol. The van der Waals surface area contributed by atoms with Crippen molar-refractivity contribution in [3.05, 3.63) is 30.3 Å². The van der Waals surface area contributed by atoms with Gasteiger partial charge in [-0.2, -0.15) is 0 Å². The summed E-state index contributed by atoms with van der Waals surface area (Å²) in [5, 5.41) is 0. The van der Waals surface area contributed by atoms with Crippen molar-refractivity contribution in [2.24, 2.45) is 0 Å². The zero-order valence-electron chi connectivity index (χ0n) is 10.6. The van der Waals surface area contributed by atoms with E-state index in [-0.39, 0.29) is 0 Å². The van der Waals surface area contributed by atoms with Gasteiger partial charge in [-0.15, -0.1) is 0 Å². The number of hydrogen-bond donors (Lipinski definition) is 0. The fraction of sp³-hybridized carbons (Fsp3) is 0.500. The Bertz CT molecular complexity index is 288. The van der Waals surface area contributed by atoms with Crippen molar-refractivity contribution in [2.75, 3.05) is 19.8 Å². The van der Waals surface area contributed by atoms with Gasteiger partial charge in [0.05, 0.1) is 0 Å². The summed E-state index contributed by atoms with van der Waals surface area (Å²) in [4.78, 5) is 0. The first-order chi connectivity index (χ1) is 8.26. The van der Waals surface area contributed by atoms with Gasteiger partial charge in [0.15, 0.2) is 0 Å². The molecular formula is C12H20O4Ti. The third-order valence-electron chi connectivity index (χ3n) is 1.95. The predicted octanol–water partition coefficient (Wildman–Crippen LogP) is 2.99. The Kier molecular flexibility index (Phi) is 6.77. The minimum absolute atomic E-state index is 0.521. The van der Waals surface area contributed by atoms with E-state index in [0.717, 1.165) is 5.75 Å². The SMILES string of the molecule is CC[O][Ti]([O]CC)([O]CC)[O]c1ccccc1. The van der Waals surface area contributed by atoms with Crippen molar-refractivity contribution in [2.45, 2.75) is 20.8 Å². The summed E-state index contributed by atoms with van der Waals surface area (Å²) in [6.45, 7) is 7.29. The summed E-state index contributed by atoms with van der Waals surface area (Å²) in [5.41, 5.74) is 0. The second kappa shape index (κ2) is 7.85. The first-order valence-corrected chi connectivity index (χ1v) is 8.47. The van der Waals surface area contributed by atoms with Crippen LogP contribution in [-0.4, -0.2) is 19.8 Å². The molecule has 0 aliphatic carbocycles. The third kappa shape index (κ3) is 4.78. The summed E-state index contributed by atoms with van der Waals surface area (Å²) in [6, 6.07) is 9.50. The van der Waals surface area contributed by atoms with Gasteiger partial charge in [-0.3, -0.25) is 0 Å². The van der Waals surface area contributed by atoms with E-state index in [0.29, 0.717) is 19.8 Å². The second-order valence-electron chi connectivity index (χ2n) is 3.21. The van der Waals surface area contributed by atoms with E-state index in [1.807, 2.05) is 51.1 Å². The van der Waals surface area contributed by atoms with E-state index < -0.39 is 18.1 Å².